The first kappa shape index (κ1) is 16.1. The van der Waals surface area contributed by atoms with Crippen LogP contribution in [-0.2, 0) is 13.0 Å². The molecular formula is C17H21F2N3O. The molecule has 4 nitrogen and oxygen atoms in total. The zero-order valence-corrected chi connectivity index (χ0v) is 13.1. The van der Waals surface area contributed by atoms with Crippen LogP contribution in [0.15, 0.2) is 30.6 Å². The Kier molecular flexibility index (Phi) is 4.73. The second-order valence-electron chi connectivity index (χ2n) is 6.03. The van der Waals surface area contributed by atoms with E-state index in [1.165, 1.54) is 6.07 Å². The maximum atomic E-state index is 13.5. The van der Waals surface area contributed by atoms with Gasteiger partial charge in [0.1, 0.15) is 0 Å². The van der Waals surface area contributed by atoms with Crippen LogP contribution in [0, 0.1) is 11.6 Å². The van der Waals surface area contributed by atoms with Crippen molar-refractivity contribution in [2.75, 3.05) is 13.1 Å². The van der Waals surface area contributed by atoms with Crippen molar-refractivity contribution >= 4 is 0 Å². The van der Waals surface area contributed by atoms with Crippen LogP contribution < -0.4 is 0 Å². The van der Waals surface area contributed by atoms with Gasteiger partial charge in [-0.3, -0.25) is 9.58 Å². The van der Waals surface area contributed by atoms with E-state index in [2.05, 4.69) is 10.00 Å². The highest BCUT2D eigenvalue weighted by molar-refractivity contribution is 5.23. The van der Waals surface area contributed by atoms with E-state index in [0.29, 0.717) is 18.5 Å². The van der Waals surface area contributed by atoms with Gasteiger partial charge in [-0.25, -0.2) is 8.78 Å². The normalized spacial score (nSPS) is 21.9. The van der Waals surface area contributed by atoms with E-state index in [1.807, 2.05) is 24.0 Å². The van der Waals surface area contributed by atoms with E-state index in [4.69, 9.17) is 0 Å². The number of likely N-dealkylation sites (tertiary alicyclic amines) is 1. The molecule has 0 spiro atoms. The van der Waals surface area contributed by atoms with Gasteiger partial charge in [-0.15, -0.1) is 0 Å². The Labute approximate surface area is 134 Å². The Morgan fingerprint density at radius 2 is 2.13 bits per heavy atom. The predicted octanol–water partition coefficient (Wildman–Crippen LogP) is 2.53. The van der Waals surface area contributed by atoms with Gasteiger partial charge in [-0.2, -0.15) is 5.10 Å². The Balaban J connectivity index is 1.70. The van der Waals surface area contributed by atoms with Crippen LogP contribution >= 0.6 is 0 Å². The molecule has 0 unspecified atom stereocenters. The number of halogens is 2. The minimum absolute atomic E-state index is 0.0821. The molecule has 0 radical (unpaired) electrons. The fourth-order valence-corrected chi connectivity index (χ4v) is 3.17. The third-order valence-electron chi connectivity index (χ3n) is 4.41. The Morgan fingerprint density at radius 1 is 1.30 bits per heavy atom. The molecule has 2 aromatic rings. The van der Waals surface area contributed by atoms with Crippen molar-refractivity contribution in [3.8, 4) is 0 Å². The summed E-state index contributed by atoms with van der Waals surface area (Å²) in [5.41, 5.74) is 1.85. The number of aromatic nitrogens is 2. The van der Waals surface area contributed by atoms with Crippen LogP contribution in [0.4, 0.5) is 8.78 Å². The molecule has 1 aromatic carbocycles. The van der Waals surface area contributed by atoms with Crippen molar-refractivity contribution in [3.05, 3.63) is 53.4 Å². The average Bonchev–Trinajstić information content (AvgIpc) is 3.14. The summed E-state index contributed by atoms with van der Waals surface area (Å²) in [5, 5.41) is 14.2. The SMILES string of the molecule is CCn1cc(CCN2C[C@@H](O)C[C@@H]2c2ccc(F)c(F)c2)cn1. The largest absolute Gasteiger partial charge is 0.392 e. The molecule has 1 saturated heterocycles. The molecule has 2 heterocycles. The molecule has 3 rings (SSSR count). The number of β-amino-alcohol motifs (C(OH)–C–C–N with tert-alkyl or cyclic N) is 1. The fourth-order valence-electron chi connectivity index (χ4n) is 3.17. The van der Waals surface area contributed by atoms with E-state index in [-0.39, 0.29) is 6.04 Å². The molecule has 1 fully saturated rings. The van der Waals surface area contributed by atoms with Gasteiger partial charge < -0.3 is 5.11 Å². The van der Waals surface area contributed by atoms with Gasteiger partial charge in [0.25, 0.3) is 0 Å². The maximum absolute atomic E-state index is 13.5. The number of nitrogens with zero attached hydrogens (tertiary/aromatic N) is 3. The highest BCUT2D eigenvalue weighted by atomic mass is 19.2. The van der Waals surface area contributed by atoms with Crippen LogP contribution in [-0.4, -0.2) is 39.0 Å². The monoisotopic (exact) mass is 321 g/mol. The number of benzene rings is 1. The lowest BCUT2D eigenvalue weighted by atomic mass is 10.0. The quantitative estimate of drug-likeness (QED) is 0.920. The molecule has 0 bridgehead atoms. The smallest absolute Gasteiger partial charge is 0.159 e. The average molecular weight is 321 g/mol. The maximum Gasteiger partial charge on any atom is 0.159 e. The third kappa shape index (κ3) is 3.59. The van der Waals surface area contributed by atoms with Gasteiger partial charge in [0.05, 0.1) is 12.3 Å². The lowest BCUT2D eigenvalue weighted by molar-refractivity contribution is 0.175. The molecule has 1 N–H and O–H groups in total. The van der Waals surface area contributed by atoms with Crippen LogP contribution in [0.5, 0.6) is 0 Å². The van der Waals surface area contributed by atoms with Gasteiger partial charge in [0.2, 0.25) is 0 Å². The van der Waals surface area contributed by atoms with Crippen molar-refractivity contribution in [1.29, 1.82) is 0 Å². The molecule has 1 aliphatic rings. The van der Waals surface area contributed by atoms with Crippen molar-refractivity contribution in [2.45, 2.75) is 38.5 Å². The number of hydrogen-bond donors (Lipinski definition) is 1. The van der Waals surface area contributed by atoms with Crippen molar-refractivity contribution in [1.82, 2.24) is 14.7 Å². The molecular weight excluding hydrogens is 300 g/mol. The van der Waals surface area contributed by atoms with E-state index in [0.717, 1.165) is 31.1 Å². The second-order valence-corrected chi connectivity index (χ2v) is 6.03. The molecule has 1 aliphatic heterocycles. The zero-order chi connectivity index (χ0) is 16.4. The Morgan fingerprint density at radius 3 is 2.83 bits per heavy atom. The summed E-state index contributed by atoms with van der Waals surface area (Å²) in [5.74, 6) is -1.68. The van der Waals surface area contributed by atoms with Crippen molar-refractivity contribution in [3.63, 3.8) is 0 Å². The first-order chi connectivity index (χ1) is 11.1. The van der Waals surface area contributed by atoms with Gasteiger partial charge in [-0.05, 0) is 43.0 Å². The van der Waals surface area contributed by atoms with E-state index >= 15 is 0 Å². The van der Waals surface area contributed by atoms with Gasteiger partial charge in [-0.1, -0.05) is 6.07 Å². The second kappa shape index (κ2) is 6.76. The molecule has 0 aliphatic carbocycles. The number of hydrogen-bond acceptors (Lipinski definition) is 3. The first-order valence-electron chi connectivity index (χ1n) is 7.95. The Bertz CT molecular complexity index is 674. The van der Waals surface area contributed by atoms with Gasteiger partial charge in [0, 0.05) is 31.9 Å². The van der Waals surface area contributed by atoms with Crippen LogP contribution in [0.3, 0.4) is 0 Å². The van der Waals surface area contributed by atoms with Crippen molar-refractivity contribution < 1.29 is 13.9 Å². The van der Waals surface area contributed by atoms with Crippen LogP contribution in [0.2, 0.25) is 0 Å². The molecule has 0 amide bonds. The summed E-state index contributed by atoms with van der Waals surface area (Å²) in [6.07, 6.45) is 4.78. The summed E-state index contributed by atoms with van der Waals surface area (Å²) in [4.78, 5) is 2.13. The van der Waals surface area contributed by atoms with Gasteiger partial charge >= 0.3 is 0 Å². The van der Waals surface area contributed by atoms with Crippen LogP contribution in [0.25, 0.3) is 0 Å². The summed E-state index contributed by atoms with van der Waals surface area (Å²) in [7, 11) is 0. The highest BCUT2D eigenvalue weighted by Crippen LogP contribution is 2.32. The molecule has 124 valence electrons. The standard InChI is InChI=1S/C17H21F2N3O/c1-2-22-10-12(9-20-22)5-6-21-11-14(23)8-17(21)13-3-4-15(18)16(19)7-13/h3-4,7,9-10,14,17,23H,2,5-6,8,11H2,1H3/t14-,17+/m0/s1. The lowest BCUT2D eigenvalue weighted by Gasteiger charge is -2.24. The number of rotatable bonds is 5. The predicted molar refractivity (Wildman–Crippen MR) is 82.9 cm³/mol. The van der Waals surface area contributed by atoms with Gasteiger partial charge in [0.15, 0.2) is 11.6 Å². The highest BCUT2D eigenvalue weighted by Gasteiger charge is 2.32. The molecule has 23 heavy (non-hydrogen) atoms. The van der Waals surface area contributed by atoms with Crippen molar-refractivity contribution in [2.24, 2.45) is 0 Å². The van der Waals surface area contributed by atoms with E-state index in [9.17, 15) is 13.9 Å². The van der Waals surface area contributed by atoms with Crippen LogP contribution in [0.1, 0.15) is 30.5 Å². The van der Waals surface area contributed by atoms with E-state index < -0.39 is 17.7 Å². The summed E-state index contributed by atoms with van der Waals surface area (Å²) >= 11 is 0. The first-order valence-corrected chi connectivity index (χ1v) is 7.95. The molecule has 1 aromatic heterocycles. The summed E-state index contributed by atoms with van der Waals surface area (Å²) in [6.45, 7) is 4.16. The molecule has 0 saturated carbocycles. The fraction of sp³-hybridized carbons (Fsp3) is 0.471. The zero-order valence-electron chi connectivity index (χ0n) is 13.1. The summed E-state index contributed by atoms with van der Waals surface area (Å²) < 4.78 is 28.5. The lowest BCUT2D eigenvalue weighted by Crippen LogP contribution is -2.27. The van der Waals surface area contributed by atoms with E-state index in [1.54, 1.807) is 6.07 Å². The Hall–Kier alpha value is -1.79. The minimum atomic E-state index is -0.842. The number of aliphatic hydroxyl groups excluding tert-OH is 1. The topological polar surface area (TPSA) is 41.3 Å². The number of aryl methyl sites for hydroxylation is 1. The summed E-state index contributed by atoms with van der Waals surface area (Å²) in [6, 6.07) is 3.91. The molecule has 2 atom stereocenters. The number of aliphatic hydroxyl groups is 1. The minimum Gasteiger partial charge on any atom is -0.392 e. The third-order valence-corrected chi connectivity index (χ3v) is 4.41. The molecule has 6 heteroatoms.